The van der Waals surface area contributed by atoms with Crippen LogP contribution in [-0.4, -0.2) is 15.5 Å². The number of amides is 1. The average Bonchev–Trinajstić information content (AvgIpc) is 2.79. The van der Waals surface area contributed by atoms with Gasteiger partial charge in [0.25, 0.3) is 5.56 Å². The number of H-pyrrole nitrogens is 1. The third-order valence-electron chi connectivity index (χ3n) is 2.78. The van der Waals surface area contributed by atoms with Crippen LogP contribution in [-0.2, 0) is 11.3 Å². The first-order valence-corrected chi connectivity index (χ1v) is 6.11. The van der Waals surface area contributed by atoms with Crippen molar-refractivity contribution in [2.45, 2.75) is 26.4 Å². The van der Waals surface area contributed by atoms with E-state index in [9.17, 15) is 14.4 Å². The second-order valence-corrected chi connectivity index (χ2v) is 4.48. The van der Waals surface area contributed by atoms with Crippen LogP contribution in [0, 0.1) is 6.92 Å². The molecule has 1 amide bonds. The SMILES string of the molecule is Cc1ccc([C@H](C)NC(=O)Cn2ccc(=O)[nH]c2=O)o1. The third-order valence-corrected chi connectivity index (χ3v) is 2.78. The van der Waals surface area contributed by atoms with Gasteiger partial charge in [-0.1, -0.05) is 0 Å². The van der Waals surface area contributed by atoms with E-state index in [1.807, 2.05) is 13.0 Å². The molecular formula is C13H15N3O4. The third kappa shape index (κ3) is 3.25. The van der Waals surface area contributed by atoms with Crippen molar-refractivity contribution in [3.05, 3.63) is 56.8 Å². The quantitative estimate of drug-likeness (QED) is 0.840. The predicted octanol–water partition coefficient (Wildman–Crippen LogP) is 0.315. The van der Waals surface area contributed by atoms with Crippen LogP contribution in [0.4, 0.5) is 0 Å². The van der Waals surface area contributed by atoms with Gasteiger partial charge in [-0.2, -0.15) is 0 Å². The van der Waals surface area contributed by atoms with Gasteiger partial charge in [0, 0.05) is 12.3 Å². The molecule has 0 aliphatic rings. The Hall–Kier alpha value is -2.57. The second-order valence-electron chi connectivity index (χ2n) is 4.48. The van der Waals surface area contributed by atoms with Crippen molar-refractivity contribution >= 4 is 5.91 Å². The highest BCUT2D eigenvalue weighted by atomic mass is 16.3. The molecule has 0 aliphatic carbocycles. The number of aryl methyl sites for hydroxylation is 1. The summed E-state index contributed by atoms with van der Waals surface area (Å²) < 4.78 is 6.53. The van der Waals surface area contributed by atoms with Gasteiger partial charge >= 0.3 is 5.69 Å². The molecule has 0 bridgehead atoms. The van der Waals surface area contributed by atoms with Gasteiger partial charge in [-0.25, -0.2) is 4.79 Å². The molecule has 0 aromatic carbocycles. The van der Waals surface area contributed by atoms with E-state index in [-0.39, 0.29) is 18.5 Å². The summed E-state index contributed by atoms with van der Waals surface area (Å²) in [5.41, 5.74) is -1.11. The van der Waals surface area contributed by atoms with E-state index in [1.54, 1.807) is 13.0 Å². The van der Waals surface area contributed by atoms with Crippen LogP contribution in [0.1, 0.15) is 24.5 Å². The molecule has 0 saturated carbocycles. The monoisotopic (exact) mass is 277 g/mol. The lowest BCUT2D eigenvalue weighted by Gasteiger charge is -2.12. The summed E-state index contributed by atoms with van der Waals surface area (Å²) >= 11 is 0. The van der Waals surface area contributed by atoms with Gasteiger partial charge in [0.05, 0.1) is 6.04 Å². The summed E-state index contributed by atoms with van der Waals surface area (Å²) in [6.07, 6.45) is 1.28. The molecule has 2 rings (SSSR count). The summed E-state index contributed by atoms with van der Waals surface area (Å²) in [7, 11) is 0. The van der Waals surface area contributed by atoms with Crippen LogP contribution in [0.2, 0.25) is 0 Å². The van der Waals surface area contributed by atoms with Crippen molar-refractivity contribution in [1.82, 2.24) is 14.9 Å². The largest absolute Gasteiger partial charge is 0.464 e. The highest BCUT2D eigenvalue weighted by Crippen LogP contribution is 2.15. The van der Waals surface area contributed by atoms with Gasteiger partial charge in [0.2, 0.25) is 5.91 Å². The van der Waals surface area contributed by atoms with Crippen LogP contribution >= 0.6 is 0 Å². The molecule has 0 unspecified atom stereocenters. The summed E-state index contributed by atoms with van der Waals surface area (Å²) in [6.45, 7) is 3.43. The molecule has 0 aliphatic heterocycles. The Kier molecular flexibility index (Phi) is 3.88. The fourth-order valence-corrected chi connectivity index (χ4v) is 1.77. The molecule has 106 valence electrons. The number of carbonyl (C=O) groups is 1. The number of rotatable bonds is 4. The molecule has 2 heterocycles. The van der Waals surface area contributed by atoms with Gasteiger partial charge in [-0.15, -0.1) is 0 Å². The van der Waals surface area contributed by atoms with Gasteiger partial charge < -0.3 is 9.73 Å². The van der Waals surface area contributed by atoms with Crippen LogP contribution in [0.15, 0.2) is 38.4 Å². The fourth-order valence-electron chi connectivity index (χ4n) is 1.77. The normalized spacial score (nSPS) is 12.1. The Morgan fingerprint density at radius 2 is 2.15 bits per heavy atom. The number of nitrogens with one attached hydrogen (secondary N) is 2. The molecule has 7 nitrogen and oxygen atoms in total. The molecule has 0 radical (unpaired) electrons. The zero-order valence-electron chi connectivity index (χ0n) is 11.2. The summed E-state index contributed by atoms with van der Waals surface area (Å²) in [4.78, 5) is 36.3. The van der Waals surface area contributed by atoms with Gasteiger partial charge in [-0.05, 0) is 26.0 Å². The average molecular weight is 277 g/mol. The Morgan fingerprint density at radius 3 is 2.75 bits per heavy atom. The number of hydrogen-bond acceptors (Lipinski definition) is 4. The van der Waals surface area contributed by atoms with Gasteiger partial charge in [-0.3, -0.25) is 19.1 Å². The molecule has 0 fully saturated rings. The first-order valence-electron chi connectivity index (χ1n) is 6.11. The summed E-state index contributed by atoms with van der Waals surface area (Å²) in [5, 5.41) is 2.72. The van der Waals surface area contributed by atoms with Crippen molar-refractivity contribution in [3.63, 3.8) is 0 Å². The number of furan rings is 1. The lowest BCUT2D eigenvalue weighted by Crippen LogP contribution is -2.36. The van der Waals surface area contributed by atoms with Crippen LogP contribution in [0.25, 0.3) is 0 Å². The minimum Gasteiger partial charge on any atom is -0.464 e. The maximum atomic E-state index is 11.8. The molecule has 2 N–H and O–H groups in total. The fraction of sp³-hybridized carbons (Fsp3) is 0.308. The molecule has 2 aromatic rings. The molecule has 20 heavy (non-hydrogen) atoms. The van der Waals surface area contributed by atoms with Crippen LogP contribution < -0.4 is 16.6 Å². The highest BCUT2D eigenvalue weighted by molar-refractivity contribution is 5.76. The molecule has 2 aromatic heterocycles. The number of aromatic nitrogens is 2. The lowest BCUT2D eigenvalue weighted by atomic mass is 10.2. The number of nitrogens with zero attached hydrogens (tertiary/aromatic N) is 1. The van der Waals surface area contributed by atoms with Crippen LogP contribution in [0.3, 0.4) is 0 Å². The summed E-state index contributed by atoms with van der Waals surface area (Å²) in [6, 6.07) is 4.49. The molecule has 0 saturated heterocycles. The van der Waals surface area contributed by atoms with E-state index in [0.717, 1.165) is 10.3 Å². The first kappa shape index (κ1) is 13.9. The maximum absolute atomic E-state index is 11.8. The van der Waals surface area contributed by atoms with Gasteiger partial charge in [0.15, 0.2) is 0 Å². The molecule has 0 spiro atoms. The Morgan fingerprint density at radius 1 is 1.40 bits per heavy atom. The standard InChI is InChI=1S/C13H15N3O4/c1-8-3-4-10(20-8)9(2)14-12(18)7-16-6-5-11(17)15-13(16)19/h3-6,9H,7H2,1-2H3,(H,14,18)(H,15,17,19)/t9-/m0/s1. The maximum Gasteiger partial charge on any atom is 0.328 e. The Labute approximate surface area is 114 Å². The van der Waals surface area contributed by atoms with E-state index in [2.05, 4.69) is 10.3 Å². The van der Waals surface area contributed by atoms with Gasteiger partial charge in [0.1, 0.15) is 18.1 Å². The zero-order valence-corrected chi connectivity index (χ0v) is 11.2. The van der Waals surface area contributed by atoms with Crippen molar-refractivity contribution < 1.29 is 9.21 Å². The number of carbonyl (C=O) groups excluding carboxylic acids is 1. The zero-order chi connectivity index (χ0) is 14.7. The molecule has 7 heteroatoms. The Balaban J connectivity index is 2.02. The van der Waals surface area contributed by atoms with Crippen LogP contribution in [0.5, 0.6) is 0 Å². The number of hydrogen-bond donors (Lipinski definition) is 2. The number of aromatic amines is 1. The summed E-state index contributed by atoms with van der Waals surface area (Å²) in [5.74, 6) is 1.06. The smallest absolute Gasteiger partial charge is 0.328 e. The highest BCUT2D eigenvalue weighted by Gasteiger charge is 2.13. The topological polar surface area (TPSA) is 97.1 Å². The van der Waals surface area contributed by atoms with E-state index in [4.69, 9.17) is 4.42 Å². The predicted molar refractivity (Wildman–Crippen MR) is 71.3 cm³/mol. The van der Waals surface area contributed by atoms with Crippen molar-refractivity contribution in [2.24, 2.45) is 0 Å². The minimum atomic E-state index is -0.617. The molecular weight excluding hydrogens is 262 g/mol. The lowest BCUT2D eigenvalue weighted by molar-refractivity contribution is -0.122. The van der Waals surface area contributed by atoms with E-state index < -0.39 is 11.2 Å². The Bertz CT molecular complexity index is 725. The first-order chi connectivity index (χ1) is 9.45. The second kappa shape index (κ2) is 5.60. The van der Waals surface area contributed by atoms with Crippen molar-refractivity contribution in [1.29, 1.82) is 0 Å². The van der Waals surface area contributed by atoms with Crippen molar-refractivity contribution in [2.75, 3.05) is 0 Å². The van der Waals surface area contributed by atoms with E-state index >= 15 is 0 Å². The van der Waals surface area contributed by atoms with E-state index in [1.165, 1.54) is 12.3 Å². The molecule has 1 atom stereocenters. The van der Waals surface area contributed by atoms with Crippen molar-refractivity contribution in [3.8, 4) is 0 Å². The van der Waals surface area contributed by atoms with E-state index in [0.29, 0.717) is 5.76 Å². The minimum absolute atomic E-state index is 0.167.